The van der Waals surface area contributed by atoms with Gasteiger partial charge in [-0.25, -0.2) is 4.79 Å². The lowest BCUT2D eigenvalue weighted by atomic mass is 9.91. The summed E-state index contributed by atoms with van der Waals surface area (Å²) in [6, 6.07) is 9.86. The van der Waals surface area contributed by atoms with Gasteiger partial charge in [-0.15, -0.1) is 12.4 Å². The molecule has 1 aromatic carbocycles. The Hall–Kier alpha value is -1.79. The minimum absolute atomic E-state index is 0. The zero-order chi connectivity index (χ0) is 18.2. The highest BCUT2D eigenvalue weighted by Crippen LogP contribution is 2.19. The fraction of sp³-hybridized carbons (Fsp3) is 0.579. The van der Waals surface area contributed by atoms with Crippen molar-refractivity contribution in [3.63, 3.8) is 0 Å². The first-order chi connectivity index (χ1) is 12.0. The van der Waals surface area contributed by atoms with Crippen LogP contribution in [0.3, 0.4) is 0 Å². The Kier molecular flexibility index (Phi) is 9.44. The number of carbonyl (C=O) groups excluding carboxylic acids is 2. The van der Waals surface area contributed by atoms with Crippen LogP contribution in [0.2, 0.25) is 0 Å². The maximum Gasteiger partial charge on any atom is 0.317 e. The number of hydrogen-bond acceptors (Lipinski definition) is 3. The summed E-state index contributed by atoms with van der Waals surface area (Å²) in [6.07, 6.45) is 2.28. The lowest BCUT2D eigenvalue weighted by molar-refractivity contribution is -0.132. The van der Waals surface area contributed by atoms with E-state index in [1.807, 2.05) is 42.2 Å². The first-order valence-electron chi connectivity index (χ1n) is 9.03. The first-order valence-corrected chi connectivity index (χ1v) is 9.03. The van der Waals surface area contributed by atoms with E-state index in [-0.39, 0.29) is 30.4 Å². The zero-order valence-electron chi connectivity index (χ0n) is 15.7. The Bertz CT molecular complexity index is 560. The number of piperidine rings is 1. The number of nitrogens with one attached hydrogen (secondary N) is 1. The van der Waals surface area contributed by atoms with E-state index in [4.69, 9.17) is 5.73 Å². The van der Waals surface area contributed by atoms with Crippen molar-refractivity contribution in [3.8, 4) is 0 Å². The average molecular weight is 383 g/mol. The van der Waals surface area contributed by atoms with Gasteiger partial charge in [-0.1, -0.05) is 30.3 Å². The molecule has 7 heteroatoms. The molecule has 1 aliphatic heterocycles. The van der Waals surface area contributed by atoms with Gasteiger partial charge in [0.25, 0.3) is 0 Å². The standard InChI is InChI=1S/C19H30N4O2.ClH/c1-15(20)17-9-12-23(13-10-17)18(24)8-11-21-19(25)22(2)14-16-6-4-3-5-7-16;/h3-7,15,17H,8-14,20H2,1-2H3,(H,21,25);1H. The fourth-order valence-electron chi connectivity index (χ4n) is 3.17. The number of nitrogens with zero attached hydrogens (tertiary/aromatic N) is 2. The molecule has 0 aliphatic carbocycles. The van der Waals surface area contributed by atoms with Gasteiger partial charge in [-0.3, -0.25) is 4.79 Å². The van der Waals surface area contributed by atoms with Crippen molar-refractivity contribution < 1.29 is 9.59 Å². The number of halogens is 1. The predicted molar refractivity (Wildman–Crippen MR) is 106 cm³/mol. The number of benzene rings is 1. The van der Waals surface area contributed by atoms with Gasteiger partial charge in [0, 0.05) is 45.7 Å². The van der Waals surface area contributed by atoms with Crippen LogP contribution in [0.5, 0.6) is 0 Å². The Morgan fingerprint density at radius 2 is 1.88 bits per heavy atom. The van der Waals surface area contributed by atoms with Crippen LogP contribution >= 0.6 is 12.4 Å². The van der Waals surface area contributed by atoms with Crippen molar-refractivity contribution in [1.82, 2.24) is 15.1 Å². The minimum Gasteiger partial charge on any atom is -0.343 e. The highest BCUT2D eigenvalue weighted by Gasteiger charge is 2.24. The summed E-state index contributed by atoms with van der Waals surface area (Å²) in [7, 11) is 1.75. The molecular formula is C19H31ClN4O2. The normalized spacial score (nSPS) is 15.7. The summed E-state index contributed by atoms with van der Waals surface area (Å²) in [5, 5.41) is 2.82. The number of amides is 3. The molecule has 2 rings (SSSR count). The third kappa shape index (κ3) is 6.84. The van der Waals surface area contributed by atoms with Crippen molar-refractivity contribution in [3.05, 3.63) is 35.9 Å². The number of likely N-dealkylation sites (tertiary alicyclic amines) is 1. The average Bonchev–Trinajstić information content (AvgIpc) is 2.62. The van der Waals surface area contributed by atoms with Crippen LogP contribution in [0.1, 0.15) is 31.7 Å². The molecule has 1 unspecified atom stereocenters. The highest BCUT2D eigenvalue weighted by molar-refractivity contribution is 5.85. The first kappa shape index (κ1) is 22.3. The number of urea groups is 1. The molecule has 0 aromatic heterocycles. The van der Waals surface area contributed by atoms with E-state index in [9.17, 15) is 9.59 Å². The van der Waals surface area contributed by atoms with Gasteiger partial charge in [0.2, 0.25) is 5.91 Å². The van der Waals surface area contributed by atoms with E-state index < -0.39 is 0 Å². The number of hydrogen-bond donors (Lipinski definition) is 2. The molecule has 6 nitrogen and oxygen atoms in total. The Morgan fingerprint density at radius 3 is 2.46 bits per heavy atom. The summed E-state index contributed by atoms with van der Waals surface area (Å²) < 4.78 is 0. The summed E-state index contributed by atoms with van der Waals surface area (Å²) in [5.41, 5.74) is 7.01. The van der Waals surface area contributed by atoms with Crippen LogP contribution in [0.15, 0.2) is 30.3 Å². The van der Waals surface area contributed by atoms with E-state index in [1.165, 1.54) is 0 Å². The van der Waals surface area contributed by atoms with Crippen LogP contribution < -0.4 is 11.1 Å². The molecule has 0 bridgehead atoms. The smallest absolute Gasteiger partial charge is 0.317 e. The van der Waals surface area contributed by atoms with Gasteiger partial charge in [0.1, 0.15) is 0 Å². The topological polar surface area (TPSA) is 78.7 Å². The number of carbonyl (C=O) groups is 2. The summed E-state index contributed by atoms with van der Waals surface area (Å²) >= 11 is 0. The second-order valence-electron chi connectivity index (χ2n) is 6.90. The molecule has 0 radical (unpaired) electrons. The maximum absolute atomic E-state index is 12.2. The van der Waals surface area contributed by atoms with E-state index in [2.05, 4.69) is 5.32 Å². The molecule has 3 amide bonds. The third-order valence-corrected chi connectivity index (χ3v) is 4.86. The molecule has 1 fully saturated rings. The molecular weight excluding hydrogens is 352 g/mol. The van der Waals surface area contributed by atoms with Gasteiger partial charge in [-0.05, 0) is 31.2 Å². The Labute approximate surface area is 162 Å². The Morgan fingerprint density at radius 1 is 1.27 bits per heavy atom. The molecule has 1 heterocycles. The molecule has 3 N–H and O–H groups in total. The van der Waals surface area contributed by atoms with Crippen LogP contribution in [-0.2, 0) is 11.3 Å². The monoisotopic (exact) mass is 382 g/mol. The van der Waals surface area contributed by atoms with Crippen LogP contribution in [0.4, 0.5) is 4.79 Å². The van der Waals surface area contributed by atoms with Crippen LogP contribution in [0.25, 0.3) is 0 Å². The van der Waals surface area contributed by atoms with E-state index >= 15 is 0 Å². The number of nitrogens with two attached hydrogens (primary N) is 1. The zero-order valence-corrected chi connectivity index (χ0v) is 16.5. The van der Waals surface area contributed by atoms with Gasteiger partial charge in [0.15, 0.2) is 0 Å². The predicted octanol–water partition coefficient (Wildman–Crippen LogP) is 2.23. The molecule has 26 heavy (non-hydrogen) atoms. The molecule has 0 spiro atoms. The van der Waals surface area contributed by atoms with Crippen LogP contribution in [0, 0.1) is 5.92 Å². The Balaban J connectivity index is 0.00000338. The summed E-state index contributed by atoms with van der Waals surface area (Å²) in [5.74, 6) is 0.615. The highest BCUT2D eigenvalue weighted by atomic mass is 35.5. The van der Waals surface area contributed by atoms with Crippen molar-refractivity contribution in [2.75, 3.05) is 26.7 Å². The third-order valence-electron chi connectivity index (χ3n) is 4.86. The number of rotatable bonds is 6. The SMILES string of the molecule is CC(N)C1CCN(C(=O)CCNC(=O)N(C)Cc2ccccc2)CC1.Cl. The minimum atomic E-state index is -0.160. The largest absolute Gasteiger partial charge is 0.343 e. The summed E-state index contributed by atoms with van der Waals surface area (Å²) in [6.45, 7) is 4.48. The molecule has 1 aliphatic rings. The lowest BCUT2D eigenvalue weighted by Gasteiger charge is -2.33. The summed E-state index contributed by atoms with van der Waals surface area (Å²) in [4.78, 5) is 27.9. The van der Waals surface area contributed by atoms with Crippen molar-refractivity contribution in [2.24, 2.45) is 11.7 Å². The molecule has 0 saturated carbocycles. The van der Waals surface area contributed by atoms with Gasteiger partial charge < -0.3 is 20.9 Å². The van der Waals surface area contributed by atoms with E-state index in [0.29, 0.717) is 25.4 Å². The van der Waals surface area contributed by atoms with Gasteiger partial charge in [0.05, 0.1) is 0 Å². The second kappa shape index (κ2) is 11.0. The van der Waals surface area contributed by atoms with Crippen molar-refractivity contribution in [1.29, 1.82) is 0 Å². The molecule has 1 saturated heterocycles. The van der Waals surface area contributed by atoms with Crippen molar-refractivity contribution in [2.45, 2.75) is 38.8 Å². The molecule has 1 aromatic rings. The lowest BCUT2D eigenvalue weighted by Crippen LogP contribution is -2.44. The molecule has 1 atom stereocenters. The fourth-order valence-corrected chi connectivity index (χ4v) is 3.17. The molecule has 146 valence electrons. The van der Waals surface area contributed by atoms with Gasteiger partial charge >= 0.3 is 6.03 Å². The van der Waals surface area contributed by atoms with Gasteiger partial charge in [-0.2, -0.15) is 0 Å². The van der Waals surface area contributed by atoms with E-state index in [1.54, 1.807) is 11.9 Å². The van der Waals surface area contributed by atoms with Crippen molar-refractivity contribution >= 4 is 24.3 Å². The van der Waals surface area contributed by atoms with Crippen LogP contribution in [-0.4, -0.2) is 54.5 Å². The maximum atomic E-state index is 12.2. The second-order valence-corrected chi connectivity index (χ2v) is 6.90. The van der Waals surface area contributed by atoms with E-state index in [0.717, 1.165) is 31.5 Å². The quantitative estimate of drug-likeness (QED) is 0.791.